The first-order valence-electron chi connectivity index (χ1n) is 11.1. The summed E-state index contributed by atoms with van der Waals surface area (Å²) in [6.07, 6.45) is 1.28. The van der Waals surface area contributed by atoms with E-state index >= 15 is 0 Å². The van der Waals surface area contributed by atoms with Gasteiger partial charge in [0.2, 0.25) is 5.91 Å². The molecule has 170 valence electrons. The highest BCUT2D eigenvalue weighted by molar-refractivity contribution is 6.30. The van der Waals surface area contributed by atoms with Crippen molar-refractivity contribution < 1.29 is 14.3 Å². The Labute approximate surface area is 199 Å². The fourth-order valence-corrected chi connectivity index (χ4v) is 4.22. The number of hydrogen-bond donors (Lipinski definition) is 1. The number of benzene rings is 3. The Morgan fingerprint density at radius 3 is 2.39 bits per heavy atom. The van der Waals surface area contributed by atoms with Crippen molar-refractivity contribution in [2.45, 2.75) is 19.8 Å². The molecule has 4 rings (SSSR count). The number of amides is 2. The van der Waals surface area contributed by atoms with Crippen LogP contribution in [0.4, 0.5) is 5.69 Å². The quantitative estimate of drug-likeness (QED) is 0.520. The molecule has 33 heavy (non-hydrogen) atoms. The second-order valence-corrected chi connectivity index (χ2v) is 8.72. The number of hydrogen-bond acceptors (Lipinski definition) is 3. The SMILES string of the molecule is Cc1cc(-c2cccc(Cl)c2)ccc1NC(=O)C1CCN(C(=O)COc2ccccc2)CC1. The largest absolute Gasteiger partial charge is 0.484 e. The summed E-state index contributed by atoms with van der Waals surface area (Å²) in [4.78, 5) is 27.1. The molecule has 3 aromatic rings. The van der Waals surface area contributed by atoms with Crippen molar-refractivity contribution in [2.24, 2.45) is 5.92 Å². The zero-order valence-corrected chi connectivity index (χ0v) is 19.3. The van der Waals surface area contributed by atoms with E-state index in [0.29, 0.717) is 36.7 Å². The van der Waals surface area contributed by atoms with Crippen molar-refractivity contribution in [2.75, 3.05) is 25.0 Å². The van der Waals surface area contributed by atoms with Crippen molar-refractivity contribution in [1.29, 1.82) is 0 Å². The highest BCUT2D eigenvalue weighted by Crippen LogP contribution is 2.28. The molecule has 1 heterocycles. The standard InChI is InChI=1S/C27H27ClN2O3/c1-19-16-22(21-6-5-7-23(28)17-21)10-11-25(19)29-27(32)20-12-14-30(15-13-20)26(31)18-33-24-8-3-2-4-9-24/h2-11,16-17,20H,12-15,18H2,1H3,(H,29,32). The van der Waals surface area contributed by atoms with Crippen LogP contribution >= 0.6 is 11.6 Å². The first kappa shape index (κ1) is 22.9. The molecule has 0 aromatic heterocycles. The molecule has 0 radical (unpaired) electrons. The van der Waals surface area contributed by atoms with E-state index in [1.54, 1.807) is 4.90 Å². The number of nitrogens with one attached hydrogen (secondary N) is 1. The van der Waals surface area contributed by atoms with Crippen LogP contribution in [0.15, 0.2) is 72.8 Å². The summed E-state index contributed by atoms with van der Waals surface area (Å²) in [6.45, 7) is 3.11. The van der Waals surface area contributed by atoms with Gasteiger partial charge in [-0.25, -0.2) is 0 Å². The molecular formula is C27H27ClN2O3. The zero-order valence-electron chi connectivity index (χ0n) is 18.6. The predicted octanol–water partition coefficient (Wildman–Crippen LogP) is 5.57. The lowest BCUT2D eigenvalue weighted by molar-refractivity contribution is -0.136. The minimum absolute atomic E-state index is 0.00115. The van der Waals surface area contributed by atoms with Crippen LogP contribution in [-0.4, -0.2) is 36.4 Å². The number of halogens is 1. The maximum absolute atomic E-state index is 12.8. The third-order valence-electron chi connectivity index (χ3n) is 5.97. The van der Waals surface area contributed by atoms with Gasteiger partial charge in [0, 0.05) is 29.7 Å². The number of nitrogens with zero attached hydrogens (tertiary/aromatic N) is 1. The Morgan fingerprint density at radius 1 is 0.970 bits per heavy atom. The Hall–Kier alpha value is -3.31. The minimum atomic E-state index is -0.115. The van der Waals surface area contributed by atoms with E-state index in [1.165, 1.54) is 0 Å². The average Bonchev–Trinajstić information content (AvgIpc) is 2.84. The lowest BCUT2D eigenvalue weighted by atomic mass is 9.95. The van der Waals surface area contributed by atoms with E-state index in [0.717, 1.165) is 22.4 Å². The monoisotopic (exact) mass is 462 g/mol. The fourth-order valence-electron chi connectivity index (χ4n) is 4.03. The number of aryl methyl sites for hydroxylation is 1. The van der Waals surface area contributed by atoms with Gasteiger partial charge in [-0.1, -0.05) is 48.0 Å². The minimum Gasteiger partial charge on any atom is -0.484 e. The van der Waals surface area contributed by atoms with Crippen molar-refractivity contribution in [3.05, 3.63) is 83.4 Å². The van der Waals surface area contributed by atoms with Crippen LogP contribution in [0.2, 0.25) is 5.02 Å². The first-order chi connectivity index (χ1) is 16.0. The molecule has 5 nitrogen and oxygen atoms in total. The second kappa shape index (κ2) is 10.5. The number of para-hydroxylation sites is 1. The Balaban J connectivity index is 1.29. The maximum atomic E-state index is 12.8. The molecule has 1 N–H and O–H groups in total. The van der Waals surface area contributed by atoms with Gasteiger partial charge < -0.3 is 15.0 Å². The van der Waals surface area contributed by atoms with E-state index in [4.69, 9.17) is 16.3 Å². The molecular weight excluding hydrogens is 436 g/mol. The number of rotatable bonds is 6. The van der Waals surface area contributed by atoms with Crippen LogP contribution in [-0.2, 0) is 9.59 Å². The molecule has 0 spiro atoms. The molecule has 1 aliphatic rings. The fraction of sp³-hybridized carbons (Fsp3) is 0.259. The molecule has 6 heteroatoms. The normalized spacial score (nSPS) is 14.1. The molecule has 1 saturated heterocycles. The average molecular weight is 463 g/mol. The van der Waals surface area contributed by atoms with Crippen molar-refractivity contribution >= 4 is 29.1 Å². The van der Waals surface area contributed by atoms with Gasteiger partial charge in [-0.2, -0.15) is 0 Å². The zero-order chi connectivity index (χ0) is 23.2. The van der Waals surface area contributed by atoms with Crippen LogP contribution < -0.4 is 10.1 Å². The molecule has 0 aliphatic carbocycles. The second-order valence-electron chi connectivity index (χ2n) is 8.29. The third-order valence-corrected chi connectivity index (χ3v) is 6.20. The van der Waals surface area contributed by atoms with E-state index in [-0.39, 0.29) is 24.3 Å². The van der Waals surface area contributed by atoms with E-state index in [2.05, 4.69) is 11.4 Å². The Kier molecular flexibility index (Phi) is 7.30. The molecule has 2 amide bonds. The lowest BCUT2D eigenvalue weighted by Gasteiger charge is -2.31. The van der Waals surface area contributed by atoms with E-state index < -0.39 is 0 Å². The van der Waals surface area contributed by atoms with E-state index in [1.807, 2.05) is 73.7 Å². The number of carbonyl (C=O) groups is 2. The Morgan fingerprint density at radius 2 is 1.70 bits per heavy atom. The smallest absolute Gasteiger partial charge is 0.260 e. The van der Waals surface area contributed by atoms with Gasteiger partial charge in [0.25, 0.3) is 5.91 Å². The third kappa shape index (κ3) is 5.93. The van der Waals surface area contributed by atoms with Crippen molar-refractivity contribution in [1.82, 2.24) is 4.90 Å². The topological polar surface area (TPSA) is 58.6 Å². The summed E-state index contributed by atoms with van der Waals surface area (Å²) in [5.74, 6) is 0.513. The van der Waals surface area contributed by atoms with Gasteiger partial charge in [0.05, 0.1) is 0 Å². The molecule has 0 atom stereocenters. The van der Waals surface area contributed by atoms with Crippen LogP contribution in [0.25, 0.3) is 11.1 Å². The molecule has 0 saturated carbocycles. The molecule has 1 fully saturated rings. The molecule has 1 aliphatic heterocycles. The summed E-state index contributed by atoms with van der Waals surface area (Å²) < 4.78 is 5.56. The first-order valence-corrected chi connectivity index (χ1v) is 11.5. The summed E-state index contributed by atoms with van der Waals surface area (Å²) in [5, 5.41) is 3.76. The van der Waals surface area contributed by atoms with Crippen molar-refractivity contribution in [3.8, 4) is 16.9 Å². The number of ether oxygens (including phenoxy) is 1. The van der Waals surface area contributed by atoms with Gasteiger partial charge in [0.15, 0.2) is 6.61 Å². The van der Waals surface area contributed by atoms with Crippen molar-refractivity contribution in [3.63, 3.8) is 0 Å². The Bertz CT molecular complexity index is 1130. The van der Waals surface area contributed by atoms with Crippen LogP contribution in [0, 0.1) is 12.8 Å². The number of anilines is 1. The molecule has 3 aromatic carbocycles. The molecule has 0 bridgehead atoms. The highest BCUT2D eigenvalue weighted by Gasteiger charge is 2.27. The summed E-state index contributed by atoms with van der Waals surface area (Å²) in [7, 11) is 0. The summed E-state index contributed by atoms with van der Waals surface area (Å²) >= 11 is 6.11. The van der Waals surface area contributed by atoms with Gasteiger partial charge in [-0.05, 0) is 72.9 Å². The van der Waals surface area contributed by atoms with Crippen LogP contribution in [0.5, 0.6) is 5.75 Å². The highest BCUT2D eigenvalue weighted by atomic mass is 35.5. The summed E-state index contributed by atoms with van der Waals surface area (Å²) in [5.41, 5.74) is 3.89. The predicted molar refractivity (Wildman–Crippen MR) is 131 cm³/mol. The van der Waals surface area contributed by atoms with Crippen LogP contribution in [0.1, 0.15) is 18.4 Å². The van der Waals surface area contributed by atoms with Crippen LogP contribution in [0.3, 0.4) is 0 Å². The van der Waals surface area contributed by atoms with Gasteiger partial charge in [-0.3, -0.25) is 9.59 Å². The number of piperidine rings is 1. The number of likely N-dealkylation sites (tertiary alicyclic amines) is 1. The summed E-state index contributed by atoms with van der Waals surface area (Å²) in [6, 6.07) is 23.0. The van der Waals surface area contributed by atoms with Gasteiger partial charge >= 0.3 is 0 Å². The lowest BCUT2D eigenvalue weighted by Crippen LogP contribution is -2.43. The van der Waals surface area contributed by atoms with Gasteiger partial charge in [0.1, 0.15) is 5.75 Å². The van der Waals surface area contributed by atoms with E-state index in [9.17, 15) is 9.59 Å². The number of carbonyl (C=O) groups excluding carboxylic acids is 2. The van der Waals surface area contributed by atoms with Gasteiger partial charge in [-0.15, -0.1) is 0 Å². The maximum Gasteiger partial charge on any atom is 0.260 e. The molecule has 0 unspecified atom stereocenters.